The van der Waals surface area contributed by atoms with E-state index >= 15 is 0 Å². The standard InChI is InChI=1S/C18H26BrNO/c1-12-8-13(6-7-15(12)19)16(21)20-14-9-17(2,3)11-18(4,5)10-14/h6-8,14H,9-11H2,1-5H3,(H,20,21). The molecule has 1 aliphatic rings. The van der Waals surface area contributed by atoms with E-state index in [1.807, 2.05) is 25.1 Å². The van der Waals surface area contributed by atoms with Crippen molar-refractivity contribution in [2.75, 3.05) is 0 Å². The van der Waals surface area contributed by atoms with E-state index in [1.54, 1.807) is 0 Å². The fourth-order valence-electron chi connectivity index (χ4n) is 4.00. The average molecular weight is 352 g/mol. The van der Waals surface area contributed by atoms with Gasteiger partial charge in [0, 0.05) is 16.1 Å². The number of hydrogen-bond donors (Lipinski definition) is 1. The minimum Gasteiger partial charge on any atom is -0.349 e. The van der Waals surface area contributed by atoms with Crippen LogP contribution in [0.2, 0.25) is 0 Å². The number of rotatable bonds is 2. The molecule has 0 saturated heterocycles. The van der Waals surface area contributed by atoms with Crippen molar-refractivity contribution in [3.8, 4) is 0 Å². The molecule has 0 bridgehead atoms. The lowest BCUT2D eigenvalue weighted by Gasteiger charge is -2.45. The molecule has 3 heteroatoms. The molecule has 1 amide bonds. The maximum Gasteiger partial charge on any atom is 0.251 e. The Labute approximate surface area is 136 Å². The van der Waals surface area contributed by atoms with Gasteiger partial charge in [-0.2, -0.15) is 0 Å². The van der Waals surface area contributed by atoms with Crippen LogP contribution >= 0.6 is 15.9 Å². The summed E-state index contributed by atoms with van der Waals surface area (Å²) in [7, 11) is 0. The first-order valence-corrected chi connectivity index (χ1v) is 8.44. The maximum absolute atomic E-state index is 12.5. The second kappa shape index (κ2) is 5.75. The van der Waals surface area contributed by atoms with Gasteiger partial charge in [0.05, 0.1) is 0 Å². The van der Waals surface area contributed by atoms with Crippen molar-refractivity contribution in [1.29, 1.82) is 0 Å². The summed E-state index contributed by atoms with van der Waals surface area (Å²) >= 11 is 3.48. The molecule has 0 aromatic heterocycles. The molecule has 2 rings (SSSR count). The molecule has 0 atom stereocenters. The van der Waals surface area contributed by atoms with E-state index in [1.165, 1.54) is 6.42 Å². The van der Waals surface area contributed by atoms with Crippen molar-refractivity contribution in [1.82, 2.24) is 5.32 Å². The Kier molecular flexibility index (Phi) is 4.53. The van der Waals surface area contributed by atoms with Gasteiger partial charge in [-0.1, -0.05) is 43.6 Å². The zero-order valence-corrected chi connectivity index (χ0v) is 15.3. The van der Waals surface area contributed by atoms with Gasteiger partial charge in [-0.05, 0) is 60.8 Å². The Balaban J connectivity index is 2.10. The van der Waals surface area contributed by atoms with Crippen LogP contribution in [0.1, 0.15) is 62.9 Å². The van der Waals surface area contributed by atoms with Gasteiger partial charge in [-0.25, -0.2) is 0 Å². The summed E-state index contributed by atoms with van der Waals surface area (Å²) in [5.41, 5.74) is 2.41. The maximum atomic E-state index is 12.5. The Morgan fingerprint density at radius 3 is 2.29 bits per heavy atom. The van der Waals surface area contributed by atoms with E-state index in [4.69, 9.17) is 0 Å². The minimum atomic E-state index is 0.0455. The first-order chi connectivity index (χ1) is 9.58. The van der Waals surface area contributed by atoms with Crippen molar-refractivity contribution in [2.24, 2.45) is 10.8 Å². The van der Waals surface area contributed by atoms with Crippen LogP contribution in [0.4, 0.5) is 0 Å². The second-order valence-electron chi connectivity index (χ2n) is 8.05. The van der Waals surface area contributed by atoms with E-state index in [0.29, 0.717) is 0 Å². The minimum absolute atomic E-state index is 0.0455. The van der Waals surface area contributed by atoms with Gasteiger partial charge in [0.1, 0.15) is 0 Å². The van der Waals surface area contributed by atoms with Gasteiger partial charge in [0.2, 0.25) is 0 Å². The lowest BCUT2D eigenvalue weighted by atomic mass is 9.63. The number of carbonyl (C=O) groups excluding carboxylic acids is 1. The van der Waals surface area contributed by atoms with Gasteiger partial charge in [0.25, 0.3) is 5.91 Å². The van der Waals surface area contributed by atoms with E-state index in [9.17, 15) is 4.79 Å². The molecule has 116 valence electrons. The lowest BCUT2D eigenvalue weighted by molar-refractivity contribution is 0.0713. The molecule has 0 unspecified atom stereocenters. The van der Waals surface area contributed by atoms with Crippen LogP contribution < -0.4 is 5.32 Å². The molecule has 1 aliphatic carbocycles. The summed E-state index contributed by atoms with van der Waals surface area (Å²) in [5.74, 6) is 0.0455. The Morgan fingerprint density at radius 2 is 1.76 bits per heavy atom. The SMILES string of the molecule is Cc1cc(C(=O)NC2CC(C)(C)CC(C)(C)C2)ccc1Br. The predicted molar refractivity (Wildman–Crippen MR) is 91.5 cm³/mol. The Hall–Kier alpha value is -0.830. The summed E-state index contributed by atoms with van der Waals surface area (Å²) in [6, 6.07) is 6.03. The molecule has 1 saturated carbocycles. The quantitative estimate of drug-likeness (QED) is 0.789. The highest BCUT2D eigenvalue weighted by Gasteiger charge is 2.38. The second-order valence-corrected chi connectivity index (χ2v) is 8.90. The van der Waals surface area contributed by atoms with Crippen molar-refractivity contribution in [2.45, 2.75) is 59.9 Å². The van der Waals surface area contributed by atoms with Crippen molar-refractivity contribution in [3.63, 3.8) is 0 Å². The number of aryl methyl sites for hydroxylation is 1. The molecule has 21 heavy (non-hydrogen) atoms. The third kappa shape index (κ3) is 4.32. The molecule has 1 fully saturated rings. The van der Waals surface area contributed by atoms with Gasteiger partial charge in [-0.3, -0.25) is 4.79 Å². The lowest BCUT2D eigenvalue weighted by Crippen LogP contribution is -2.46. The monoisotopic (exact) mass is 351 g/mol. The molecule has 1 N–H and O–H groups in total. The Bertz CT molecular complexity index is 532. The fourth-order valence-corrected chi connectivity index (χ4v) is 4.25. The highest BCUT2D eigenvalue weighted by molar-refractivity contribution is 9.10. The van der Waals surface area contributed by atoms with Crippen LogP contribution in [-0.4, -0.2) is 11.9 Å². The molecule has 0 aliphatic heterocycles. The molecule has 0 spiro atoms. The molecule has 0 heterocycles. The number of amides is 1. The molecule has 2 nitrogen and oxygen atoms in total. The summed E-state index contributed by atoms with van der Waals surface area (Å²) in [4.78, 5) is 12.5. The average Bonchev–Trinajstić information content (AvgIpc) is 2.28. The number of carbonyl (C=O) groups is 1. The first-order valence-electron chi connectivity index (χ1n) is 7.65. The van der Waals surface area contributed by atoms with Crippen LogP contribution in [0.3, 0.4) is 0 Å². The smallest absolute Gasteiger partial charge is 0.251 e. The number of benzene rings is 1. The summed E-state index contributed by atoms with van der Waals surface area (Å²) in [5, 5.41) is 3.24. The summed E-state index contributed by atoms with van der Waals surface area (Å²) < 4.78 is 1.04. The summed E-state index contributed by atoms with van der Waals surface area (Å²) in [6.45, 7) is 11.2. The summed E-state index contributed by atoms with van der Waals surface area (Å²) in [6.07, 6.45) is 3.32. The van der Waals surface area contributed by atoms with Gasteiger partial charge in [-0.15, -0.1) is 0 Å². The van der Waals surface area contributed by atoms with E-state index in [0.717, 1.165) is 28.4 Å². The third-order valence-electron chi connectivity index (χ3n) is 4.31. The number of hydrogen-bond acceptors (Lipinski definition) is 1. The predicted octanol–water partition coefficient (Wildman–Crippen LogP) is 5.09. The Morgan fingerprint density at radius 1 is 1.19 bits per heavy atom. The molecule has 1 aromatic carbocycles. The highest BCUT2D eigenvalue weighted by atomic mass is 79.9. The van der Waals surface area contributed by atoms with Gasteiger partial charge >= 0.3 is 0 Å². The van der Waals surface area contributed by atoms with Gasteiger partial charge in [0.15, 0.2) is 0 Å². The van der Waals surface area contributed by atoms with Gasteiger partial charge < -0.3 is 5.32 Å². The zero-order valence-electron chi connectivity index (χ0n) is 13.7. The topological polar surface area (TPSA) is 29.1 Å². The molecule has 0 radical (unpaired) electrons. The molecular formula is C18H26BrNO. The normalized spacial score (nSPS) is 21.0. The van der Waals surface area contributed by atoms with Crippen LogP contribution in [0.25, 0.3) is 0 Å². The molecular weight excluding hydrogens is 326 g/mol. The number of halogens is 1. The largest absolute Gasteiger partial charge is 0.349 e. The first kappa shape index (κ1) is 16.5. The fraction of sp³-hybridized carbons (Fsp3) is 0.611. The van der Waals surface area contributed by atoms with Crippen LogP contribution in [0.15, 0.2) is 22.7 Å². The van der Waals surface area contributed by atoms with Crippen LogP contribution in [0, 0.1) is 17.8 Å². The van der Waals surface area contributed by atoms with Crippen LogP contribution in [-0.2, 0) is 0 Å². The molecule has 1 aromatic rings. The number of nitrogens with one attached hydrogen (secondary N) is 1. The third-order valence-corrected chi connectivity index (χ3v) is 5.20. The van der Waals surface area contributed by atoms with Crippen molar-refractivity contribution < 1.29 is 4.79 Å². The van der Waals surface area contributed by atoms with Crippen molar-refractivity contribution in [3.05, 3.63) is 33.8 Å². The highest BCUT2D eigenvalue weighted by Crippen LogP contribution is 2.45. The van der Waals surface area contributed by atoms with E-state index < -0.39 is 0 Å². The van der Waals surface area contributed by atoms with Crippen molar-refractivity contribution >= 4 is 21.8 Å². The van der Waals surface area contributed by atoms with E-state index in [2.05, 4.69) is 48.9 Å². The van der Waals surface area contributed by atoms with Crippen LogP contribution in [0.5, 0.6) is 0 Å². The zero-order chi connectivity index (χ0) is 15.8. The van der Waals surface area contributed by atoms with E-state index in [-0.39, 0.29) is 22.8 Å².